The molecule has 0 saturated carbocycles. The fourth-order valence-corrected chi connectivity index (χ4v) is 3.20. The zero-order chi connectivity index (χ0) is 17.5. The quantitative estimate of drug-likeness (QED) is 0.941. The number of hydrogen-bond acceptors (Lipinski definition) is 3. The molecule has 1 amide bonds. The molecule has 130 valence electrons. The molecule has 1 aliphatic rings. The number of aryl methyl sites for hydroxylation is 1. The standard InChI is InChI=1S/C18H27N5O/c1-12(2)15-10-14(21-23(15)18(3,4)5)17(24)20-13-6-7-16-19-8-9-22(16)11-13/h8-10,12-13H,6-7,11H2,1-5H3,(H,20,24)/t13-/m0/s1. The second kappa shape index (κ2) is 6.07. The minimum Gasteiger partial charge on any atom is -0.346 e. The van der Waals surface area contributed by atoms with Crippen LogP contribution in [0.2, 0.25) is 0 Å². The summed E-state index contributed by atoms with van der Waals surface area (Å²) in [5.74, 6) is 1.33. The molecule has 1 atom stereocenters. The molecule has 0 unspecified atom stereocenters. The fourth-order valence-electron chi connectivity index (χ4n) is 3.20. The maximum absolute atomic E-state index is 12.7. The van der Waals surface area contributed by atoms with Gasteiger partial charge in [-0.1, -0.05) is 13.8 Å². The van der Waals surface area contributed by atoms with Crippen molar-refractivity contribution in [2.75, 3.05) is 0 Å². The van der Waals surface area contributed by atoms with Crippen molar-refractivity contribution in [3.8, 4) is 0 Å². The van der Waals surface area contributed by atoms with Gasteiger partial charge in [-0.2, -0.15) is 5.10 Å². The highest BCUT2D eigenvalue weighted by Crippen LogP contribution is 2.23. The summed E-state index contributed by atoms with van der Waals surface area (Å²) >= 11 is 0. The van der Waals surface area contributed by atoms with Crippen LogP contribution in [0.15, 0.2) is 18.5 Å². The van der Waals surface area contributed by atoms with E-state index in [9.17, 15) is 4.79 Å². The number of fused-ring (bicyclic) bond motifs is 1. The van der Waals surface area contributed by atoms with Crippen molar-refractivity contribution in [1.29, 1.82) is 0 Å². The third-order valence-corrected chi connectivity index (χ3v) is 4.47. The van der Waals surface area contributed by atoms with Gasteiger partial charge in [0.15, 0.2) is 0 Å². The second-order valence-corrected chi connectivity index (χ2v) is 7.90. The van der Waals surface area contributed by atoms with Gasteiger partial charge in [0, 0.05) is 37.1 Å². The smallest absolute Gasteiger partial charge is 0.272 e. The van der Waals surface area contributed by atoms with E-state index in [-0.39, 0.29) is 17.5 Å². The average molecular weight is 329 g/mol. The van der Waals surface area contributed by atoms with E-state index in [1.165, 1.54) is 0 Å². The van der Waals surface area contributed by atoms with Crippen LogP contribution < -0.4 is 5.32 Å². The predicted molar refractivity (Wildman–Crippen MR) is 93.1 cm³/mol. The van der Waals surface area contributed by atoms with E-state index >= 15 is 0 Å². The van der Waals surface area contributed by atoms with Crippen LogP contribution in [0.5, 0.6) is 0 Å². The normalized spacial score (nSPS) is 17.8. The van der Waals surface area contributed by atoms with Gasteiger partial charge in [0.1, 0.15) is 11.5 Å². The molecular formula is C18H27N5O. The van der Waals surface area contributed by atoms with Gasteiger partial charge in [-0.25, -0.2) is 4.98 Å². The number of nitrogens with zero attached hydrogens (tertiary/aromatic N) is 4. The van der Waals surface area contributed by atoms with Gasteiger partial charge < -0.3 is 9.88 Å². The number of aromatic nitrogens is 4. The Bertz CT molecular complexity index is 735. The Morgan fingerprint density at radius 1 is 1.38 bits per heavy atom. The molecule has 1 aliphatic heterocycles. The lowest BCUT2D eigenvalue weighted by Gasteiger charge is -2.24. The molecule has 6 heteroatoms. The van der Waals surface area contributed by atoms with Crippen LogP contribution in [0.4, 0.5) is 0 Å². The second-order valence-electron chi connectivity index (χ2n) is 7.90. The summed E-state index contributed by atoms with van der Waals surface area (Å²) < 4.78 is 4.09. The zero-order valence-corrected chi connectivity index (χ0v) is 15.2. The van der Waals surface area contributed by atoms with Gasteiger partial charge in [0.25, 0.3) is 5.91 Å². The van der Waals surface area contributed by atoms with Crippen molar-refractivity contribution in [3.05, 3.63) is 35.7 Å². The lowest BCUT2D eigenvalue weighted by Crippen LogP contribution is -2.41. The van der Waals surface area contributed by atoms with Gasteiger partial charge in [0.05, 0.1) is 5.54 Å². The molecule has 24 heavy (non-hydrogen) atoms. The van der Waals surface area contributed by atoms with Crippen molar-refractivity contribution in [2.45, 2.75) is 71.5 Å². The Morgan fingerprint density at radius 3 is 2.75 bits per heavy atom. The Hall–Kier alpha value is -2.11. The molecule has 2 aromatic heterocycles. The van der Waals surface area contributed by atoms with Crippen molar-refractivity contribution < 1.29 is 4.79 Å². The van der Waals surface area contributed by atoms with E-state index in [1.807, 2.05) is 23.1 Å². The maximum Gasteiger partial charge on any atom is 0.272 e. The van der Waals surface area contributed by atoms with Crippen LogP contribution in [0.3, 0.4) is 0 Å². The molecule has 0 bridgehead atoms. The Kier molecular flexibility index (Phi) is 4.24. The van der Waals surface area contributed by atoms with Crippen LogP contribution in [-0.4, -0.2) is 31.3 Å². The van der Waals surface area contributed by atoms with E-state index in [0.29, 0.717) is 11.6 Å². The topological polar surface area (TPSA) is 64.7 Å². The van der Waals surface area contributed by atoms with Crippen LogP contribution in [0.25, 0.3) is 0 Å². The molecular weight excluding hydrogens is 302 g/mol. The number of hydrogen-bond donors (Lipinski definition) is 1. The molecule has 0 saturated heterocycles. The van der Waals surface area contributed by atoms with Crippen LogP contribution in [0.1, 0.15) is 69.0 Å². The summed E-state index contributed by atoms with van der Waals surface area (Å²) in [5, 5.41) is 7.72. The van der Waals surface area contributed by atoms with Crippen LogP contribution in [-0.2, 0) is 18.5 Å². The van der Waals surface area contributed by atoms with Crippen LogP contribution in [0, 0.1) is 0 Å². The number of imidazole rings is 1. The molecule has 2 aromatic rings. The van der Waals surface area contributed by atoms with E-state index < -0.39 is 0 Å². The highest BCUT2D eigenvalue weighted by molar-refractivity contribution is 5.92. The van der Waals surface area contributed by atoms with Crippen molar-refractivity contribution >= 4 is 5.91 Å². The first-order valence-corrected chi connectivity index (χ1v) is 8.67. The lowest BCUT2D eigenvalue weighted by molar-refractivity contribution is 0.0921. The zero-order valence-electron chi connectivity index (χ0n) is 15.2. The predicted octanol–water partition coefficient (Wildman–Crippen LogP) is 2.70. The van der Waals surface area contributed by atoms with E-state index in [0.717, 1.165) is 30.9 Å². The minimum absolute atomic E-state index is 0.0894. The molecule has 0 aromatic carbocycles. The summed E-state index contributed by atoms with van der Waals surface area (Å²) in [4.78, 5) is 17.0. The summed E-state index contributed by atoms with van der Waals surface area (Å²) in [6.45, 7) is 11.4. The summed E-state index contributed by atoms with van der Waals surface area (Å²) in [6, 6.07) is 2.05. The Morgan fingerprint density at radius 2 is 2.12 bits per heavy atom. The minimum atomic E-state index is -0.144. The number of carbonyl (C=O) groups is 1. The van der Waals surface area contributed by atoms with Gasteiger partial charge in [-0.05, 0) is 39.2 Å². The molecule has 0 aliphatic carbocycles. The number of rotatable bonds is 3. The van der Waals surface area contributed by atoms with Gasteiger partial charge >= 0.3 is 0 Å². The summed E-state index contributed by atoms with van der Waals surface area (Å²) in [7, 11) is 0. The Balaban J connectivity index is 1.76. The number of nitrogens with one attached hydrogen (secondary N) is 1. The molecule has 0 radical (unpaired) electrons. The summed E-state index contributed by atoms with van der Waals surface area (Å²) in [5.41, 5.74) is 1.45. The maximum atomic E-state index is 12.7. The average Bonchev–Trinajstić information content (AvgIpc) is 3.13. The van der Waals surface area contributed by atoms with Gasteiger partial charge in [0.2, 0.25) is 0 Å². The third-order valence-electron chi connectivity index (χ3n) is 4.47. The molecule has 3 heterocycles. The van der Waals surface area contributed by atoms with Crippen molar-refractivity contribution in [1.82, 2.24) is 24.6 Å². The molecule has 3 rings (SSSR count). The first-order chi connectivity index (χ1) is 11.3. The first kappa shape index (κ1) is 16.7. The Labute approximate surface area is 143 Å². The van der Waals surface area contributed by atoms with E-state index in [1.54, 1.807) is 0 Å². The van der Waals surface area contributed by atoms with Crippen molar-refractivity contribution in [3.63, 3.8) is 0 Å². The number of carbonyl (C=O) groups excluding carboxylic acids is 1. The van der Waals surface area contributed by atoms with E-state index in [4.69, 9.17) is 0 Å². The highest BCUT2D eigenvalue weighted by atomic mass is 16.2. The SMILES string of the molecule is CC(C)c1cc(C(=O)N[C@H]2CCc3nccn3C2)nn1C(C)(C)C. The molecule has 6 nitrogen and oxygen atoms in total. The first-order valence-electron chi connectivity index (χ1n) is 8.67. The van der Waals surface area contributed by atoms with Crippen molar-refractivity contribution in [2.24, 2.45) is 0 Å². The lowest BCUT2D eigenvalue weighted by atomic mass is 10.1. The largest absolute Gasteiger partial charge is 0.346 e. The molecule has 1 N–H and O–H groups in total. The molecule has 0 fully saturated rings. The van der Waals surface area contributed by atoms with Crippen LogP contribution >= 0.6 is 0 Å². The third kappa shape index (κ3) is 3.23. The van der Waals surface area contributed by atoms with Gasteiger partial charge in [-0.15, -0.1) is 0 Å². The monoisotopic (exact) mass is 329 g/mol. The van der Waals surface area contributed by atoms with E-state index in [2.05, 4.69) is 54.6 Å². The molecule has 0 spiro atoms. The highest BCUT2D eigenvalue weighted by Gasteiger charge is 2.26. The summed E-state index contributed by atoms with van der Waals surface area (Å²) in [6.07, 6.45) is 5.60. The number of amides is 1. The van der Waals surface area contributed by atoms with Gasteiger partial charge in [-0.3, -0.25) is 9.48 Å². The fraction of sp³-hybridized carbons (Fsp3) is 0.611.